The van der Waals surface area contributed by atoms with Crippen LogP contribution in [0.15, 0.2) is 48.5 Å². The minimum absolute atomic E-state index is 0.218. The van der Waals surface area contributed by atoms with Gasteiger partial charge in [-0.15, -0.1) is 0 Å². The van der Waals surface area contributed by atoms with E-state index in [9.17, 15) is 9.59 Å². The van der Waals surface area contributed by atoms with Gasteiger partial charge in [0.25, 0.3) is 5.91 Å². The third-order valence-corrected chi connectivity index (χ3v) is 3.22. The van der Waals surface area contributed by atoms with Gasteiger partial charge in [0.2, 0.25) is 5.91 Å². The zero-order valence-electron chi connectivity index (χ0n) is 14.3. The lowest BCUT2D eigenvalue weighted by Crippen LogP contribution is -2.21. The third-order valence-electron chi connectivity index (χ3n) is 3.22. The highest BCUT2D eigenvalue weighted by molar-refractivity contribution is 6.00. The summed E-state index contributed by atoms with van der Waals surface area (Å²) in [6.07, 6.45) is -0.264. The average Bonchev–Trinajstić information content (AvgIpc) is 2.63. The number of nitriles is 1. The summed E-state index contributed by atoms with van der Waals surface area (Å²) in [5, 5.41) is 13.8. The highest BCUT2D eigenvalue weighted by Gasteiger charge is 2.11. The number of para-hydroxylation sites is 4. The Balaban J connectivity index is 1.98. The van der Waals surface area contributed by atoms with E-state index in [1.807, 2.05) is 13.0 Å². The molecule has 2 N–H and O–H groups in total. The molecule has 0 saturated heterocycles. The maximum absolute atomic E-state index is 12.2. The van der Waals surface area contributed by atoms with Crippen molar-refractivity contribution < 1.29 is 19.1 Å². The van der Waals surface area contributed by atoms with Gasteiger partial charge in [0.15, 0.2) is 18.1 Å². The highest BCUT2D eigenvalue weighted by Crippen LogP contribution is 2.26. The van der Waals surface area contributed by atoms with Crippen molar-refractivity contribution in [1.82, 2.24) is 0 Å². The van der Waals surface area contributed by atoms with Gasteiger partial charge >= 0.3 is 0 Å². The van der Waals surface area contributed by atoms with Crippen molar-refractivity contribution in [3.63, 3.8) is 0 Å². The molecule has 7 nitrogen and oxygen atoms in total. The Hall–Kier alpha value is -3.53. The van der Waals surface area contributed by atoms with Gasteiger partial charge in [0.05, 0.1) is 24.1 Å². The first-order chi connectivity index (χ1) is 12.6. The van der Waals surface area contributed by atoms with Gasteiger partial charge in [0.1, 0.15) is 6.42 Å². The lowest BCUT2D eigenvalue weighted by atomic mass is 10.2. The molecule has 0 aromatic heterocycles. The Kier molecular flexibility index (Phi) is 7.01. The molecule has 2 rings (SSSR count). The monoisotopic (exact) mass is 353 g/mol. The molecule has 134 valence electrons. The Morgan fingerprint density at radius 1 is 0.923 bits per heavy atom. The van der Waals surface area contributed by atoms with Crippen molar-refractivity contribution >= 4 is 23.2 Å². The summed E-state index contributed by atoms with van der Waals surface area (Å²) in [6.45, 7) is 2.13. The van der Waals surface area contributed by atoms with E-state index in [1.54, 1.807) is 48.5 Å². The van der Waals surface area contributed by atoms with Gasteiger partial charge in [-0.25, -0.2) is 0 Å². The van der Waals surface area contributed by atoms with E-state index in [1.165, 1.54) is 0 Å². The van der Waals surface area contributed by atoms with E-state index in [0.29, 0.717) is 29.5 Å². The standard InChI is InChI=1S/C19H19N3O4/c1-2-25-16-9-5-6-10-17(16)26-13-19(24)22-15-8-4-3-7-14(15)21-18(23)11-12-20/h3-10H,2,11,13H2,1H3,(H,21,23)(H,22,24). The van der Waals surface area contributed by atoms with Gasteiger partial charge in [0, 0.05) is 0 Å². The smallest absolute Gasteiger partial charge is 0.262 e. The number of ether oxygens (including phenoxy) is 2. The Bertz CT molecular complexity index is 814. The van der Waals surface area contributed by atoms with Crippen LogP contribution in [-0.4, -0.2) is 25.0 Å². The van der Waals surface area contributed by atoms with Crippen LogP contribution >= 0.6 is 0 Å². The first-order valence-electron chi connectivity index (χ1n) is 8.04. The molecule has 2 amide bonds. The van der Waals surface area contributed by atoms with E-state index in [-0.39, 0.29) is 13.0 Å². The molecule has 7 heteroatoms. The number of benzene rings is 2. The SMILES string of the molecule is CCOc1ccccc1OCC(=O)Nc1ccccc1NC(=O)CC#N. The van der Waals surface area contributed by atoms with Crippen LogP contribution in [0.1, 0.15) is 13.3 Å². The lowest BCUT2D eigenvalue weighted by Gasteiger charge is -2.13. The highest BCUT2D eigenvalue weighted by atomic mass is 16.5. The maximum atomic E-state index is 12.2. The summed E-state index contributed by atoms with van der Waals surface area (Å²) >= 11 is 0. The molecule has 0 spiro atoms. The normalized spacial score (nSPS) is 9.69. The van der Waals surface area contributed by atoms with Gasteiger partial charge in [-0.05, 0) is 31.2 Å². The number of rotatable bonds is 8. The van der Waals surface area contributed by atoms with Crippen molar-refractivity contribution in [2.24, 2.45) is 0 Å². The molecule has 26 heavy (non-hydrogen) atoms. The van der Waals surface area contributed by atoms with E-state index in [0.717, 1.165) is 0 Å². The average molecular weight is 353 g/mol. The summed E-state index contributed by atoms with van der Waals surface area (Å²) in [5.41, 5.74) is 0.835. The quantitative estimate of drug-likeness (QED) is 0.760. The molecule has 0 radical (unpaired) electrons. The maximum Gasteiger partial charge on any atom is 0.262 e. The minimum atomic E-state index is -0.448. The molecule has 2 aromatic rings. The van der Waals surface area contributed by atoms with Gasteiger partial charge in [-0.3, -0.25) is 9.59 Å². The molecule has 0 atom stereocenters. The van der Waals surface area contributed by atoms with Gasteiger partial charge in [-0.2, -0.15) is 5.26 Å². The number of hydrogen-bond acceptors (Lipinski definition) is 5. The fourth-order valence-corrected chi connectivity index (χ4v) is 2.14. The predicted molar refractivity (Wildman–Crippen MR) is 97.0 cm³/mol. The second-order valence-electron chi connectivity index (χ2n) is 5.15. The zero-order valence-corrected chi connectivity index (χ0v) is 14.3. The molecule has 0 heterocycles. The van der Waals surface area contributed by atoms with Crippen LogP contribution in [0.2, 0.25) is 0 Å². The number of amides is 2. The Labute approximate surface area is 151 Å². The topological polar surface area (TPSA) is 100 Å². The lowest BCUT2D eigenvalue weighted by molar-refractivity contribution is -0.118. The molecule has 0 unspecified atom stereocenters. The Morgan fingerprint density at radius 3 is 2.04 bits per heavy atom. The fraction of sp³-hybridized carbons (Fsp3) is 0.211. The first-order valence-corrected chi connectivity index (χ1v) is 8.04. The number of nitrogens with zero attached hydrogens (tertiary/aromatic N) is 1. The molecular formula is C19H19N3O4. The summed E-state index contributed by atoms with van der Waals surface area (Å²) in [7, 11) is 0. The summed E-state index contributed by atoms with van der Waals surface area (Å²) in [6, 6.07) is 15.6. The largest absolute Gasteiger partial charge is 0.490 e. The van der Waals surface area contributed by atoms with Crippen molar-refractivity contribution in [3.05, 3.63) is 48.5 Å². The van der Waals surface area contributed by atoms with Gasteiger partial charge in [-0.1, -0.05) is 24.3 Å². The van der Waals surface area contributed by atoms with Crippen LogP contribution in [0.25, 0.3) is 0 Å². The van der Waals surface area contributed by atoms with Gasteiger partial charge < -0.3 is 20.1 Å². The van der Waals surface area contributed by atoms with E-state index in [2.05, 4.69) is 10.6 Å². The first kappa shape index (κ1) is 18.8. The molecule has 0 aliphatic heterocycles. The van der Waals surface area contributed by atoms with Crippen molar-refractivity contribution in [2.45, 2.75) is 13.3 Å². The predicted octanol–water partition coefficient (Wildman–Crippen LogP) is 2.95. The van der Waals surface area contributed by atoms with Crippen molar-refractivity contribution in [2.75, 3.05) is 23.8 Å². The van der Waals surface area contributed by atoms with Crippen LogP contribution in [-0.2, 0) is 9.59 Å². The van der Waals surface area contributed by atoms with Crippen LogP contribution < -0.4 is 20.1 Å². The number of nitrogens with one attached hydrogen (secondary N) is 2. The van der Waals surface area contributed by atoms with Crippen molar-refractivity contribution in [3.8, 4) is 17.6 Å². The fourth-order valence-electron chi connectivity index (χ4n) is 2.14. The van der Waals surface area contributed by atoms with E-state index < -0.39 is 11.8 Å². The molecule has 0 aliphatic carbocycles. The van der Waals surface area contributed by atoms with Crippen LogP contribution in [0.4, 0.5) is 11.4 Å². The second kappa shape index (κ2) is 9.69. The number of carbonyl (C=O) groups excluding carboxylic acids is 2. The van der Waals surface area contributed by atoms with E-state index >= 15 is 0 Å². The van der Waals surface area contributed by atoms with Crippen LogP contribution in [0, 0.1) is 11.3 Å². The molecule has 0 saturated carbocycles. The summed E-state index contributed by atoms with van der Waals surface area (Å²) in [4.78, 5) is 23.8. The minimum Gasteiger partial charge on any atom is -0.490 e. The Morgan fingerprint density at radius 2 is 1.46 bits per heavy atom. The second-order valence-corrected chi connectivity index (χ2v) is 5.15. The van der Waals surface area contributed by atoms with E-state index in [4.69, 9.17) is 14.7 Å². The number of carbonyl (C=O) groups is 2. The third kappa shape index (κ3) is 5.53. The molecule has 0 bridgehead atoms. The molecule has 0 aliphatic rings. The van der Waals surface area contributed by atoms with Crippen LogP contribution in [0.3, 0.4) is 0 Å². The zero-order chi connectivity index (χ0) is 18.8. The molecule has 2 aromatic carbocycles. The number of anilines is 2. The molecular weight excluding hydrogens is 334 g/mol. The van der Waals surface area contributed by atoms with Crippen LogP contribution in [0.5, 0.6) is 11.5 Å². The van der Waals surface area contributed by atoms with Crippen molar-refractivity contribution in [1.29, 1.82) is 5.26 Å². The number of hydrogen-bond donors (Lipinski definition) is 2. The summed E-state index contributed by atoms with van der Waals surface area (Å²) in [5.74, 6) is 0.196. The molecule has 0 fully saturated rings. The summed E-state index contributed by atoms with van der Waals surface area (Å²) < 4.78 is 11.0.